The molecule has 1 fully saturated rings. The number of carbonyl (C=O) groups is 1. The van der Waals surface area contributed by atoms with Crippen molar-refractivity contribution in [3.8, 4) is 11.5 Å². The van der Waals surface area contributed by atoms with E-state index < -0.39 is 5.54 Å². The molecular weight excluding hydrogens is 244 g/mol. The Bertz CT molecular complexity index is 470. The van der Waals surface area contributed by atoms with E-state index in [9.17, 15) is 4.79 Å². The predicted molar refractivity (Wildman–Crippen MR) is 72.4 cm³/mol. The van der Waals surface area contributed by atoms with E-state index in [1.165, 1.54) is 0 Å². The number of hydrogen-bond acceptors (Lipinski definition) is 4. The summed E-state index contributed by atoms with van der Waals surface area (Å²) in [6.45, 7) is 0.556. The van der Waals surface area contributed by atoms with Gasteiger partial charge in [-0.05, 0) is 30.9 Å². The molecule has 1 aromatic rings. The van der Waals surface area contributed by atoms with Crippen LogP contribution in [0.4, 0.5) is 0 Å². The summed E-state index contributed by atoms with van der Waals surface area (Å²) in [4.78, 5) is 11.7. The molecule has 19 heavy (non-hydrogen) atoms. The Morgan fingerprint density at radius 2 is 2.11 bits per heavy atom. The van der Waals surface area contributed by atoms with E-state index >= 15 is 0 Å². The molecule has 2 rings (SSSR count). The van der Waals surface area contributed by atoms with E-state index in [0.717, 1.165) is 29.9 Å². The second-order valence-electron chi connectivity index (χ2n) is 4.84. The molecule has 1 saturated carbocycles. The van der Waals surface area contributed by atoms with Crippen LogP contribution in [-0.4, -0.2) is 32.2 Å². The minimum absolute atomic E-state index is 0.0556. The number of benzene rings is 1. The second-order valence-corrected chi connectivity index (χ2v) is 4.84. The van der Waals surface area contributed by atoms with Crippen molar-refractivity contribution in [3.05, 3.63) is 23.8 Å². The van der Waals surface area contributed by atoms with Gasteiger partial charge in [0.15, 0.2) is 0 Å². The summed E-state index contributed by atoms with van der Waals surface area (Å²) in [7, 11) is 3.24. The van der Waals surface area contributed by atoms with Crippen molar-refractivity contribution in [2.45, 2.75) is 24.8 Å². The number of methoxy groups -OCH3 is 2. The van der Waals surface area contributed by atoms with Gasteiger partial charge >= 0.3 is 0 Å². The van der Waals surface area contributed by atoms with Crippen molar-refractivity contribution in [2.75, 3.05) is 20.8 Å². The van der Waals surface area contributed by atoms with E-state index in [1.807, 2.05) is 18.2 Å². The van der Waals surface area contributed by atoms with Gasteiger partial charge in [-0.1, -0.05) is 6.07 Å². The van der Waals surface area contributed by atoms with Crippen LogP contribution in [0, 0.1) is 0 Å². The normalized spacial score (nSPS) is 15.7. The van der Waals surface area contributed by atoms with Crippen molar-refractivity contribution in [2.24, 2.45) is 5.73 Å². The fourth-order valence-electron chi connectivity index (χ4n) is 1.91. The second kappa shape index (κ2) is 5.48. The molecule has 1 aliphatic rings. The lowest BCUT2D eigenvalue weighted by Gasteiger charge is -2.12. The van der Waals surface area contributed by atoms with Crippen LogP contribution >= 0.6 is 0 Å². The standard InChI is InChI=1S/C14H20N2O3/c1-18-11-4-3-10(12(9-11)19-2)5-8-16-13(17)14(15)6-7-14/h3-4,9H,5-8,15H2,1-2H3,(H,16,17). The molecule has 5 heteroatoms. The smallest absolute Gasteiger partial charge is 0.240 e. The molecule has 5 nitrogen and oxygen atoms in total. The maximum atomic E-state index is 11.7. The van der Waals surface area contributed by atoms with Crippen LogP contribution in [0.25, 0.3) is 0 Å². The van der Waals surface area contributed by atoms with Gasteiger partial charge < -0.3 is 20.5 Å². The van der Waals surface area contributed by atoms with E-state index in [-0.39, 0.29) is 5.91 Å². The third-order valence-corrected chi connectivity index (χ3v) is 3.42. The maximum absolute atomic E-state index is 11.7. The summed E-state index contributed by atoms with van der Waals surface area (Å²) in [6, 6.07) is 5.66. The van der Waals surface area contributed by atoms with Crippen LogP contribution in [0.1, 0.15) is 18.4 Å². The number of rotatable bonds is 6. The summed E-state index contributed by atoms with van der Waals surface area (Å²) >= 11 is 0. The van der Waals surface area contributed by atoms with E-state index in [4.69, 9.17) is 15.2 Å². The Morgan fingerprint density at radius 1 is 1.37 bits per heavy atom. The van der Waals surface area contributed by atoms with Crippen LogP contribution in [0.15, 0.2) is 18.2 Å². The Balaban J connectivity index is 1.90. The lowest BCUT2D eigenvalue weighted by atomic mass is 10.1. The van der Waals surface area contributed by atoms with E-state index in [2.05, 4.69) is 5.32 Å². The summed E-state index contributed by atoms with van der Waals surface area (Å²) in [5.41, 5.74) is 6.24. The summed E-state index contributed by atoms with van der Waals surface area (Å²) in [6.07, 6.45) is 2.27. The molecule has 0 atom stereocenters. The molecule has 1 amide bonds. The quantitative estimate of drug-likeness (QED) is 0.799. The summed E-state index contributed by atoms with van der Waals surface area (Å²) in [5, 5.41) is 2.86. The number of carbonyl (C=O) groups excluding carboxylic acids is 1. The molecule has 0 bridgehead atoms. The molecule has 0 aromatic heterocycles. The Labute approximate surface area is 113 Å². The first-order chi connectivity index (χ1) is 9.09. The molecule has 0 aliphatic heterocycles. The number of amides is 1. The third-order valence-electron chi connectivity index (χ3n) is 3.42. The first-order valence-electron chi connectivity index (χ1n) is 6.37. The molecule has 0 saturated heterocycles. The zero-order valence-corrected chi connectivity index (χ0v) is 11.4. The van der Waals surface area contributed by atoms with Gasteiger partial charge in [-0.2, -0.15) is 0 Å². The molecule has 1 aliphatic carbocycles. The van der Waals surface area contributed by atoms with Crippen LogP contribution in [-0.2, 0) is 11.2 Å². The summed E-state index contributed by atoms with van der Waals surface area (Å²) in [5.74, 6) is 1.46. The fourth-order valence-corrected chi connectivity index (χ4v) is 1.91. The minimum atomic E-state index is -0.607. The highest BCUT2D eigenvalue weighted by atomic mass is 16.5. The molecule has 0 radical (unpaired) electrons. The lowest BCUT2D eigenvalue weighted by molar-refractivity contribution is -0.123. The molecule has 104 valence electrons. The first kappa shape index (κ1) is 13.7. The number of ether oxygens (including phenoxy) is 2. The van der Waals surface area contributed by atoms with Gasteiger partial charge in [0.25, 0.3) is 0 Å². The van der Waals surface area contributed by atoms with Crippen LogP contribution in [0.3, 0.4) is 0 Å². The Kier molecular flexibility index (Phi) is 3.95. The lowest BCUT2D eigenvalue weighted by Crippen LogP contribution is -2.43. The minimum Gasteiger partial charge on any atom is -0.497 e. The van der Waals surface area contributed by atoms with E-state index in [1.54, 1.807) is 14.2 Å². The van der Waals surface area contributed by atoms with Gasteiger partial charge in [-0.25, -0.2) is 0 Å². The van der Waals surface area contributed by atoms with Gasteiger partial charge in [0.2, 0.25) is 5.91 Å². The average Bonchev–Trinajstić information content (AvgIpc) is 3.18. The van der Waals surface area contributed by atoms with Gasteiger partial charge in [-0.3, -0.25) is 4.79 Å². The predicted octanol–water partition coefficient (Wildman–Crippen LogP) is 0.854. The summed E-state index contributed by atoms with van der Waals surface area (Å²) < 4.78 is 10.4. The van der Waals surface area contributed by atoms with Gasteiger partial charge in [0, 0.05) is 12.6 Å². The first-order valence-corrected chi connectivity index (χ1v) is 6.37. The largest absolute Gasteiger partial charge is 0.497 e. The molecule has 0 heterocycles. The zero-order chi connectivity index (χ0) is 13.9. The SMILES string of the molecule is COc1ccc(CCNC(=O)C2(N)CC2)c(OC)c1. The average molecular weight is 264 g/mol. The molecule has 0 unspecified atom stereocenters. The fraction of sp³-hybridized carbons (Fsp3) is 0.500. The van der Waals surface area contributed by atoms with Crippen molar-refractivity contribution in [1.29, 1.82) is 0 Å². The Hall–Kier alpha value is -1.75. The highest BCUT2D eigenvalue weighted by molar-refractivity contribution is 5.88. The van der Waals surface area contributed by atoms with Crippen LogP contribution < -0.4 is 20.5 Å². The third kappa shape index (κ3) is 3.17. The highest BCUT2D eigenvalue weighted by Crippen LogP contribution is 2.32. The van der Waals surface area contributed by atoms with Crippen molar-refractivity contribution >= 4 is 5.91 Å². The maximum Gasteiger partial charge on any atom is 0.240 e. The zero-order valence-electron chi connectivity index (χ0n) is 11.4. The van der Waals surface area contributed by atoms with Crippen molar-refractivity contribution in [3.63, 3.8) is 0 Å². The monoisotopic (exact) mass is 264 g/mol. The van der Waals surface area contributed by atoms with Gasteiger partial charge in [-0.15, -0.1) is 0 Å². The topological polar surface area (TPSA) is 73.6 Å². The number of nitrogens with one attached hydrogen (secondary N) is 1. The number of nitrogens with two attached hydrogens (primary N) is 1. The molecular formula is C14H20N2O3. The van der Waals surface area contributed by atoms with Crippen LogP contribution in [0.2, 0.25) is 0 Å². The van der Waals surface area contributed by atoms with Gasteiger partial charge in [0.05, 0.1) is 19.8 Å². The van der Waals surface area contributed by atoms with Crippen LogP contribution in [0.5, 0.6) is 11.5 Å². The van der Waals surface area contributed by atoms with Crippen molar-refractivity contribution in [1.82, 2.24) is 5.32 Å². The molecule has 3 N–H and O–H groups in total. The Morgan fingerprint density at radius 3 is 2.68 bits per heavy atom. The molecule has 1 aromatic carbocycles. The van der Waals surface area contributed by atoms with Crippen molar-refractivity contribution < 1.29 is 14.3 Å². The highest BCUT2D eigenvalue weighted by Gasteiger charge is 2.45. The van der Waals surface area contributed by atoms with E-state index in [0.29, 0.717) is 13.0 Å². The van der Waals surface area contributed by atoms with Gasteiger partial charge in [0.1, 0.15) is 11.5 Å². The molecule has 0 spiro atoms. The number of hydrogen-bond donors (Lipinski definition) is 2.